The molecule has 0 bridgehead atoms. The van der Waals surface area contributed by atoms with E-state index in [1.807, 2.05) is 42.5 Å². The number of allylic oxidation sites excluding steroid dienone is 6. The largest absolute Gasteiger partial charge is 0.416 e. The van der Waals surface area contributed by atoms with Crippen molar-refractivity contribution < 1.29 is 26.3 Å². The van der Waals surface area contributed by atoms with Crippen LogP contribution in [0.1, 0.15) is 29.5 Å². The lowest BCUT2D eigenvalue weighted by Gasteiger charge is -2.14. The molecule has 0 N–H and O–H groups in total. The topological polar surface area (TPSA) is 0 Å². The van der Waals surface area contributed by atoms with Crippen molar-refractivity contribution in [1.29, 1.82) is 0 Å². The Morgan fingerprint density at radius 1 is 0.500 bits per heavy atom. The monoisotopic (exact) mass is 470 g/mol. The number of hydrogen-bond acceptors (Lipinski definition) is 0. The minimum Gasteiger partial charge on any atom is -0.166 e. The van der Waals surface area contributed by atoms with Crippen LogP contribution in [0.4, 0.5) is 26.3 Å². The molecule has 174 valence electrons. The summed E-state index contributed by atoms with van der Waals surface area (Å²) in [5.41, 5.74) is 1.51. The van der Waals surface area contributed by atoms with Crippen LogP contribution in [-0.2, 0) is 12.4 Å². The molecular weight excluding hydrogens is 450 g/mol. The van der Waals surface area contributed by atoms with E-state index in [1.165, 1.54) is 17.7 Å². The molecule has 0 saturated carbocycles. The standard InChI is InChI=1S/C28H20F6/c29-27(30,31)25-16-24(17-26(18-25)28(32,33)34)23-14-12-22(13-15-23)21-10-8-20(9-11-21)19-6-4-2-1-3-5-7-19/h1-4,6,8-18H,5,7H2/b3-1-,4-2-,19-6+. The summed E-state index contributed by atoms with van der Waals surface area (Å²) in [5, 5.41) is 0. The highest BCUT2D eigenvalue weighted by Crippen LogP contribution is 2.39. The van der Waals surface area contributed by atoms with Gasteiger partial charge in [0.2, 0.25) is 0 Å². The van der Waals surface area contributed by atoms with Crippen molar-refractivity contribution in [2.45, 2.75) is 25.2 Å². The molecule has 1 aliphatic carbocycles. The summed E-state index contributed by atoms with van der Waals surface area (Å²) in [7, 11) is 0. The third kappa shape index (κ3) is 5.50. The number of hydrogen-bond donors (Lipinski definition) is 0. The predicted octanol–water partition coefficient (Wildman–Crippen LogP) is 9.35. The van der Waals surface area contributed by atoms with Crippen molar-refractivity contribution >= 4 is 5.57 Å². The van der Waals surface area contributed by atoms with Crippen molar-refractivity contribution in [2.75, 3.05) is 0 Å². The molecule has 0 nitrogen and oxygen atoms in total. The second-order valence-corrected chi connectivity index (χ2v) is 7.99. The van der Waals surface area contributed by atoms with Gasteiger partial charge in [-0.15, -0.1) is 0 Å². The normalized spacial score (nSPS) is 17.9. The fraction of sp³-hybridized carbons (Fsp3) is 0.143. The molecule has 0 spiro atoms. The van der Waals surface area contributed by atoms with E-state index in [-0.39, 0.29) is 17.2 Å². The van der Waals surface area contributed by atoms with Gasteiger partial charge in [0.1, 0.15) is 0 Å². The van der Waals surface area contributed by atoms with Crippen LogP contribution in [0, 0.1) is 0 Å². The van der Waals surface area contributed by atoms with Crippen LogP contribution >= 0.6 is 0 Å². The van der Waals surface area contributed by atoms with E-state index in [2.05, 4.69) is 12.2 Å². The molecule has 0 aliphatic heterocycles. The molecule has 1 aliphatic rings. The average Bonchev–Trinajstić information content (AvgIpc) is 2.78. The minimum absolute atomic E-state index is 0.136. The summed E-state index contributed by atoms with van der Waals surface area (Å²) >= 11 is 0. The Morgan fingerprint density at radius 3 is 1.47 bits per heavy atom. The van der Waals surface area contributed by atoms with E-state index in [4.69, 9.17) is 0 Å². The summed E-state index contributed by atoms with van der Waals surface area (Å²) in [5.74, 6) is 0. The maximum atomic E-state index is 13.2. The number of halogens is 6. The van der Waals surface area contributed by atoms with Gasteiger partial charge in [-0.1, -0.05) is 78.9 Å². The first-order chi connectivity index (χ1) is 16.1. The fourth-order valence-corrected chi connectivity index (χ4v) is 3.83. The first-order valence-electron chi connectivity index (χ1n) is 10.6. The van der Waals surface area contributed by atoms with Gasteiger partial charge in [0, 0.05) is 0 Å². The molecule has 0 atom stereocenters. The first-order valence-corrected chi connectivity index (χ1v) is 10.6. The Morgan fingerprint density at radius 2 is 0.971 bits per heavy atom. The zero-order valence-electron chi connectivity index (χ0n) is 17.9. The highest BCUT2D eigenvalue weighted by molar-refractivity contribution is 5.74. The second kappa shape index (κ2) is 9.37. The van der Waals surface area contributed by atoms with Crippen LogP contribution < -0.4 is 0 Å². The van der Waals surface area contributed by atoms with E-state index in [9.17, 15) is 26.3 Å². The smallest absolute Gasteiger partial charge is 0.166 e. The molecule has 0 fully saturated rings. The summed E-state index contributed by atoms with van der Waals surface area (Å²) in [6, 6.07) is 16.0. The molecule has 0 amide bonds. The van der Waals surface area contributed by atoms with Gasteiger partial charge in [0.05, 0.1) is 11.1 Å². The molecule has 4 rings (SSSR count). The molecule has 0 saturated heterocycles. The van der Waals surface area contributed by atoms with Crippen LogP contribution in [0.15, 0.2) is 97.1 Å². The van der Waals surface area contributed by atoms with Crippen molar-refractivity contribution in [3.63, 3.8) is 0 Å². The molecule has 0 heterocycles. The average molecular weight is 470 g/mol. The fourth-order valence-electron chi connectivity index (χ4n) is 3.83. The van der Waals surface area contributed by atoms with Crippen molar-refractivity contribution in [1.82, 2.24) is 0 Å². The minimum atomic E-state index is -4.88. The van der Waals surface area contributed by atoms with Gasteiger partial charge in [-0.3, -0.25) is 0 Å². The van der Waals surface area contributed by atoms with Gasteiger partial charge in [0.15, 0.2) is 0 Å². The van der Waals surface area contributed by atoms with Gasteiger partial charge in [-0.2, -0.15) is 26.3 Å². The number of benzene rings is 3. The van der Waals surface area contributed by atoms with Crippen LogP contribution in [0.5, 0.6) is 0 Å². The second-order valence-electron chi connectivity index (χ2n) is 7.99. The molecule has 3 aromatic rings. The molecule has 6 heteroatoms. The highest BCUT2D eigenvalue weighted by Gasteiger charge is 2.37. The lowest BCUT2D eigenvalue weighted by molar-refractivity contribution is -0.143. The summed E-state index contributed by atoms with van der Waals surface area (Å²) in [4.78, 5) is 0. The molecule has 0 unspecified atom stereocenters. The number of alkyl halides is 6. The van der Waals surface area contributed by atoms with Crippen molar-refractivity contribution in [2.24, 2.45) is 0 Å². The Labute approximate surface area is 193 Å². The van der Waals surface area contributed by atoms with Gasteiger partial charge in [-0.25, -0.2) is 0 Å². The van der Waals surface area contributed by atoms with Gasteiger partial charge in [-0.05, 0) is 64.4 Å². The van der Waals surface area contributed by atoms with Crippen LogP contribution in [0.3, 0.4) is 0 Å². The molecular formula is C28H20F6. The van der Waals surface area contributed by atoms with Crippen LogP contribution in [0.25, 0.3) is 27.8 Å². The third-order valence-corrected chi connectivity index (χ3v) is 5.63. The molecule has 3 aromatic carbocycles. The summed E-state index contributed by atoms with van der Waals surface area (Å²) in [6.07, 6.45) is 2.30. The Hall–Kier alpha value is -3.54. The van der Waals surface area contributed by atoms with E-state index in [0.717, 1.165) is 41.7 Å². The van der Waals surface area contributed by atoms with Crippen molar-refractivity contribution in [3.05, 3.63) is 114 Å². The zero-order chi connectivity index (χ0) is 24.3. The highest BCUT2D eigenvalue weighted by atomic mass is 19.4. The maximum absolute atomic E-state index is 13.2. The lowest BCUT2D eigenvalue weighted by Crippen LogP contribution is -2.11. The van der Waals surface area contributed by atoms with Crippen LogP contribution in [-0.4, -0.2) is 0 Å². The zero-order valence-corrected chi connectivity index (χ0v) is 17.9. The SMILES string of the molecule is FC(F)(F)c1cc(-c2ccc(-c3ccc(/C4=C/C=C\C=C/CC4)cc3)cc2)cc(C(F)(F)F)c1. The quantitative estimate of drug-likeness (QED) is 0.335. The van der Waals surface area contributed by atoms with Gasteiger partial charge < -0.3 is 0 Å². The van der Waals surface area contributed by atoms with E-state index < -0.39 is 23.5 Å². The van der Waals surface area contributed by atoms with Gasteiger partial charge in [0.25, 0.3) is 0 Å². The Kier molecular flexibility index (Phi) is 6.51. The Bertz CT molecular complexity index is 1210. The number of rotatable bonds is 3. The molecule has 34 heavy (non-hydrogen) atoms. The molecule has 0 aromatic heterocycles. The van der Waals surface area contributed by atoms with Gasteiger partial charge >= 0.3 is 12.4 Å². The third-order valence-electron chi connectivity index (χ3n) is 5.63. The van der Waals surface area contributed by atoms with E-state index in [0.29, 0.717) is 0 Å². The van der Waals surface area contributed by atoms with E-state index >= 15 is 0 Å². The first kappa shape index (κ1) is 23.6. The van der Waals surface area contributed by atoms with E-state index in [1.54, 1.807) is 12.1 Å². The van der Waals surface area contributed by atoms with Crippen molar-refractivity contribution in [3.8, 4) is 22.3 Å². The summed E-state index contributed by atoms with van der Waals surface area (Å²) in [6.45, 7) is 0. The maximum Gasteiger partial charge on any atom is 0.416 e. The predicted molar refractivity (Wildman–Crippen MR) is 123 cm³/mol. The summed E-state index contributed by atoms with van der Waals surface area (Å²) < 4.78 is 79.0. The molecule has 0 radical (unpaired) electrons. The lowest BCUT2D eigenvalue weighted by atomic mass is 9.95. The van der Waals surface area contributed by atoms with Crippen LogP contribution in [0.2, 0.25) is 0 Å². The Balaban J connectivity index is 1.61.